The van der Waals surface area contributed by atoms with E-state index in [1.807, 2.05) is 31.2 Å². The van der Waals surface area contributed by atoms with Gasteiger partial charge in [0.15, 0.2) is 0 Å². The molecule has 1 amide bonds. The summed E-state index contributed by atoms with van der Waals surface area (Å²) in [4.78, 5) is 12.0. The van der Waals surface area contributed by atoms with Crippen molar-refractivity contribution >= 4 is 40.9 Å². The zero-order chi connectivity index (χ0) is 16.7. The third-order valence-electron chi connectivity index (χ3n) is 2.98. The van der Waals surface area contributed by atoms with Crippen LogP contribution in [0.25, 0.3) is 6.08 Å². The highest BCUT2D eigenvalue weighted by Crippen LogP contribution is 2.25. The summed E-state index contributed by atoms with van der Waals surface area (Å²) >= 11 is 11.9. The normalized spacial score (nSPS) is 10.7. The number of benzene rings is 2. The van der Waals surface area contributed by atoms with Crippen LogP contribution in [0.4, 0.5) is 5.69 Å². The lowest BCUT2D eigenvalue weighted by Gasteiger charge is -2.08. The minimum Gasteiger partial charge on any atom is -0.493 e. The minimum atomic E-state index is -0.278. The second-order valence-corrected chi connectivity index (χ2v) is 5.68. The third-order valence-corrected chi connectivity index (χ3v) is 3.53. The van der Waals surface area contributed by atoms with Gasteiger partial charge in [-0.3, -0.25) is 4.79 Å². The average molecular weight is 350 g/mol. The van der Waals surface area contributed by atoms with Crippen molar-refractivity contribution in [3.8, 4) is 5.75 Å². The van der Waals surface area contributed by atoms with Crippen molar-refractivity contribution in [2.75, 3.05) is 11.9 Å². The van der Waals surface area contributed by atoms with Crippen LogP contribution in [0.1, 0.15) is 18.9 Å². The van der Waals surface area contributed by atoms with Gasteiger partial charge in [0.1, 0.15) is 5.75 Å². The highest BCUT2D eigenvalue weighted by molar-refractivity contribution is 6.36. The molecule has 0 bridgehead atoms. The number of carbonyl (C=O) groups is 1. The number of hydrogen-bond donors (Lipinski definition) is 1. The Morgan fingerprint density at radius 1 is 1.22 bits per heavy atom. The fraction of sp³-hybridized carbons (Fsp3) is 0.167. The molecule has 23 heavy (non-hydrogen) atoms. The number of nitrogens with one attached hydrogen (secondary N) is 1. The number of anilines is 1. The molecule has 0 fully saturated rings. The Morgan fingerprint density at radius 2 is 2.00 bits per heavy atom. The van der Waals surface area contributed by atoms with Crippen LogP contribution in [-0.4, -0.2) is 12.5 Å². The third kappa shape index (κ3) is 5.31. The SMILES string of the molecule is CCCOc1ccccc1C=CC(=O)Nc1ccc(Cl)cc1Cl. The summed E-state index contributed by atoms with van der Waals surface area (Å²) in [5.74, 6) is 0.474. The van der Waals surface area contributed by atoms with Gasteiger partial charge in [-0.05, 0) is 36.8 Å². The zero-order valence-corrected chi connectivity index (χ0v) is 14.2. The molecular weight excluding hydrogens is 333 g/mol. The number of halogens is 2. The van der Waals surface area contributed by atoms with Gasteiger partial charge >= 0.3 is 0 Å². The quantitative estimate of drug-likeness (QED) is 0.705. The predicted molar refractivity (Wildman–Crippen MR) is 96.4 cm³/mol. The second-order valence-electron chi connectivity index (χ2n) is 4.83. The molecule has 3 nitrogen and oxygen atoms in total. The summed E-state index contributed by atoms with van der Waals surface area (Å²) in [5, 5.41) is 3.63. The molecular formula is C18H17Cl2NO2. The van der Waals surface area contributed by atoms with Crippen molar-refractivity contribution < 1.29 is 9.53 Å². The molecule has 1 N–H and O–H groups in total. The maximum absolute atomic E-state index is 12.0. The molecule has 0 spiro atoms. The van der Waals surface area contributed by atoms with E-state index in [9.17, 15) is 4.79 Å². The number of ether oxygens (including phenoxy) is 1. The molecule has 0 aliphatic carbocycles. The van der Waals surface area contributed by atoms with E-state index in [1.54, 1.807) is 24.3 Å². The van der Waals surface area contributed by atoms with E-state index >= 15 is 0 Å². The van der Waals surface area contributed by atoms with E-state index in [1.165, 1.54) is 6.08 Å². The van der Waals surface area contributed by atoms with Gasteiger partial charge in [0.05, 0.1) is 17.3 Å². The molecule has 2 rings (SSSR count). The lowest BCUT2D eigenvalue weighted by molar-refractivity contribution is -0.111. The van der Waals surface area contributed by atoms with Gasteiger partial charge in [-0.1, -0.05) is 48.3 Å². The minimum absolute atomic E-state index is 0.278. The van der Waals surface area contributed by atoms with Gasteiger partial charge in [-0.15, -0.1) is 0 Å². The van der Waals surface area contributed by atoms with Gasteiger partial charge in [0, 0.05) is 16.7 Å². The Balaban J connectivity index is 2.06. The van der Waals surface area contributed by atoms with Gasteiger partial charge in [0.25, 0.3) is 0 Å². The average Bonchev–Trinajstić information content (AvgIpc) is 2.54. The fourth-order valence-electron chi connectivity index (χ4n) is 1.89. The Kier molecular flexibility index (Phi) is 6.51. The summed E-state index contributed by atoms with van der Waals surface area (Å²) in [6, 6.07) is 12.5. The van der Waals surface area contributed by atoms with Crippen molar-refractivity contribution in [3.63, 3.8) is 0 Å². The van der Waals surface area contributed by atoms with Crippen molar-refractivity contribution in [2.45, 2.75) is 13.3 Å². The Morgan fingerprint density at radius 3 is 2.74 bits per heavy atom. The van der Waals surface area contributed by atoms with Crippen molar-refractivity contribution in [2.24, 2.45) is 0 Å². The Bertz CT molecular complexity index is 714. The van der Waals surface area contributed by atoms with E-state index in [2.05, 4.69) is 5.32 Å². The van der Waals surface area contributed by atoms with E-state index in [0.717, 1.165) is 17.7 Å². The first-order valence-corrected chi connectivity index (χ1v) is 8.01. The lowest BCUT2D eigenvalue weighted by atomic mass is 10.2. The van der Waals surface area contributed by atoms with Crippen molar-refractivity contribution in [1.82, 2.24) is 0 Å². The number of carbonyl (C=O) groups excluding carboxylic acids is 1. The highest BCUT2D eigenvalue weighted by atomic mass is 35.5. The summed E-state index contributed by atoms with van der Waals surface area (Å²) in [6.07, 6.45) is 4.08. The van der Waals surface area contributed by atoms with Crippen LogP contribution in [0, 0.1) is 0 Å². The molecule has 120 valence electrons. The fourth-order valence-corrected chi connectivity index (χ4v) is 2.35. The first kappa shape index (κ1) is 17.4. The molecule has 0 heterocycles. The standard InChI is InChI=1S/C18H17Cl2NO2/c1-2-11-23-17-6-4-3-5-13(17)7-10-18(22)21-16-9-8-14(19)12-15(16)20/h3-10,12H,2,11H2,1H3,(H,21,22). The van der Waals surface area contributed by atoms with Gasteiger partial charge in [-0.25, -0.2) is 0 Å². The smallest absolute Gasteiger partial charge is 0.248 e. The van der Waals surface area contributed by atoms with Crippen LogP contribution in [0.3, 0.4) is 0 Å². The van der Waals surface area contributed by atoms with Crippen LogP contribution in [-0.2, 0) is 4.79 Å². The van der Waals surface area contributed by atoms with Gasteiger partial charge in [-0.2, -0.15) is 0 Å². The molecule has 0 aromatic heterocycles. The summed E-state index contributed by atoms with van der Waals surface area (Å²) < 4.78 is 5.65. The summed E-state index contributed by atoms with van der Waals surface area (Å²) in [5.41, 5.74) is 1.36. The molecule has 2 aromatic rings. The van der Waals surface area contributed by atoms with E-state index in [-0.39, 0.29) is 5.91 Å². The highest BCUT2D eigenvalue weighted by Gasteiger charge is 2.05. The number of rotatable bonds is 6. The Labute approximate surface area is 145 Å². The first-order chi connectivity index (χ1) is 11.1. The molecule has 5 heteroatoms. The number of para-hydroxylation sites is 1. The second kappa shape index (κ2) is 8.61. The van der Waals surface area contributed by atoms with E-state index < -0.39 is 0 Å². The maximum atomic E-state index is 12.0. The maximum Gasteiger partial charge on any atom is 0.248 e. The van der Waals surface area contributed by atoms with Gasteiger partial charge < -0.3 is 10.1 Å². The van der Waals surface area contributed by atoms with Crippen LogP contribution >= 0.6 is 23.2 Å². The van der Waals surface area contributed by atoms with Crippen LogP contribution in [0.15, 0.2) is 48.5 Å². The van der Waals surface area contributed by atoms with Crippen molar-refractivity contribution in [1.29, 1.82) is 0 Å². The zero-order valence-electron chi connectivity index (χ0n) is 12.7. The summed E-state index contributed by atoms with van der Waals surface area (Å²) in [6.45, 7) is 2.68. The van der Waals surface area contributed by atoms with Crippen LogP contribution < -0.4 is 10.1 Å². The van der Waals surface area contributed by atoms with E-state index in [0.29, 0.717) is 22.3 Å². The van der Waals surface area contributed by atoms with Crippen molar-refractivity contribution in [3.05, 3.63) is 64.1 Å². The molecule has 0 saturated heterocycles. The largest absolute Gasteiger partial charge is 0.493 e. The topological polar surface area (TPSA) is 38.3 Å². The molecule has 0 radical (unpaired) electrons. The number of hydrogen-bond acceptors (Lipinski definition) is 2. The molecule has 0 atom stereocenters. The molecule has 0 aliphatic rings. The van der Waals surface area contributed by atoms with Crippen LogP contribution in [0.5, 0.6) is 5.75 Å². The van der Waals surface area contributed by atoms with E-state index in [4.69, 9.17) is 27.9 Å². The molecule has 0 saturated carbocycles. The molecule has 2 aromatic carbocycles. The molecule has 0 aliphatic heterocycles. The van der Waals surface area contributed by atoms with Crippen LogP contribution in [0.2, 0.25) is 10.0 Å². The predicted octanol–water partition coefficient (Wildman–Crippen LogP) is 5.43. The summed E-state index contributed by atoms with van der Waals surface area (Å²) in [7, 11) is 0. The first-order valence-electron chi connectivity index (χ1n) is 7.26. The van der Waals surface area contributed by atoms with Gasteiger partial charge in [0.2, 0.25) is 5.91 Å². The molecule has 0 unspecified atom stereocenters. The Hall–Kier alpha value is -1.97. The lowest BCUT2D eigenvalue weighted by Crippen LogP contribution is -2.08. The number of amides is 1. The monoisotopic (exact) mass is 349 g/mol.